The van der Waals surface area contributed by atoms with E-state index in [1.807, 2.05) is 11.4 Å². The van der Waals surface area contributed by atoms with Gasteiger partial charge in [0.25, 0.3) is 5.56 Å². The van der Waals surface area contributed by atoms with Gasteiger partial charge in [-0.25, -0.2) is 4.98 Å². The number of nitrogens with one attached hydrogen (secondary N) is 1. The fourth-order valence-electron chi connectivity index (χ4n) is 2.29. The molecule has 0 fully saturated rings. The molecular weight excluding hydrogens is 401 g/mol. The number of aromatic nitrogens is 2. The molecule has 0 radical (unpaired) electrons. The summed E-state index contributed by atoms with van der Waals surface area (Å²) in [6.07, 6.45) is 0.959. The van der Waals surface area contributed by atoms with Crippen LogP contribution in [0.4, 0.5) is 0 Å². The van der Waals surface area contributed by atoms with Gasteiger partial charge in [0.05, 0.1) is 15.4 Å². The fraction of sp³-hybridized carbons (Fsp3) is 0.188. The maximum Gasteiger partial charge on any atom is 0.260 e. The van der Waals surface area contributed by atoms with Crippen molar-refractivity contribution in [3.05, 3.63) is 44.0 Å². The topological polar surface area (TPSA) is 88.8 Å². The summed E-state index contributed by atoms with van der Waals surface area (Å²) in [4.78, 5) is 31.2. The number of carbonyl (C=O) groups excluding carboxylic acids is 1. The first-order chi connectivity index (χ1) is 12.0. The monoisotopic (exact) mass is 413 g/mol. The summed E-state index contributed by atoms with van der Waals surface area (Å²) in [5.41, 5.74) is 6.50. The average Bonchev–Trinajstić information content (AvgIpc) is 2.98. The first-order valence-corrected chi connectivity index (χ1v) is 9.96. The number of thioether (sulfide) groups is 1. The number of carbonyl (C=O) groups is 1. The summed E-state index contributed by atoms with van der Waals surface area (Å²) in [6.45, 7) is 0. The third kappa shape index (κ3) is 4.17. The molecule has 2 heterocycles. The second kappa shape index (κ2) is 7.78. The molecule has 5 nitrogen and oxygen atoms in total. The largest absolute Gasteiger partial charge is 0.370 e. The number of nitrogens with zero attached hydrogens (tertiary/aromatic N) is 1. The minimum Gasteiger partial charge on any atom is -0.370 e. The van der Waals surface area contributed by atoms with Crippen molar-refractivity contribution in [3.8, 4) is 11.1 Å². The smallest absolute Gasteiger partial charge is 0.260 e. The second-order valence-electron chi connectivity index (χ2n) is 5.25. The van der Waals surface area contributed by atoms with Crippen LogP contribution >= 0.6 is 46.3 Å². The summed E-state index contributed by atoms with van der Waals surface area (Å²) in [5, 5.41) is 3.85. The van der Waals surface area contributed by atoms with Gasteiger partial charge in [-0.15, -0.1) is 11.3 Å². The van der Waals surface area contributed by atoms with Crippen LogP contribution in [0.5, 0.6) is 0 Å². The molecule has 0 saturated carbocycles. The molecule has 25 heavy (non-hydrogen) atoms. The second-order valence-corrected chi connectivity index (χ2v) is 8.00. The van der Waals surface area contributed by atoms with Crippen LogP contribution in [0.1, 0.15) is 12.8 Å². The van der Waals surface area contributed by atoms with E-state index < -0.39 is 0 Å². The molecule has 0 aliphatic carbocycles. The Morgan fingerprint density at radius 2 is 2.12 bits per heavy atom. The number of thiophene rings is 1. The van der Waals surface area contributed by atoms with Gasteiger partial charge in [0.1, 0.15) is 4.83 Å². The molecule has 3 N–H and O–H groups in total. The van der Waals surface area contributed by atoms with Crippen molar-refractivity contribution in [3.63, 3.8) is 0 Å². The highest BCUT2D eigenvalue weighted by Gasteiger charge is 2.14. The maximum atomic E-state index is 12.5. The molecule has 0 bridgehead atoms. The summed E-state index contributed by atoms with van der Waals surface area (Å²) in [5.74, 6) is 0.324. The van der Waals surface area contributed by atoms with E-state index in [0.29, 0.717) is 44.0 Å². The van der Waals surface area contributed by atoms with Gasteiger partial charge < -0.3 is 10.7 Å². The van der Waals surface area contributed by atoms with Gasteiger partial charge in [0.15, 0.2) is 5.16 Å². The summed E-state index contributed by atoms with van der Waals surface area (Å²) < 4.78 is 0. The Morgan fingerprint density at radius 3 is 2.84 bits per heavy atom. The predicted octanol–water partition coefficient (Wildman–Crippen LogP) is 4.32. The maximum absolute atomic E-state index is 12.5. The lowest BCUT2D eigenvalue weighted by atomic mass is 10.1. The molecule has 0 saturated heterocycles. The van der Waals surface area contributed by atoms with E-state index >= 15 is 0 Å². The first-order valence-electron chi connectivity index (χ1n) is 7.33. The van der Waals surface area contributed by atoms with E-state index in [9.17, 15) is 9.59 Å². The molecule has 2 aromatic heterocycles. The number of nitrogens with two attached hydrogens (primary N) is 1. The Kier molecular flexibility index (Phi) is 5.68. The van der Waals surface area contributed by atoms with Crippen molar-refractivity contribution in [1.82, 2.24) is 9.97 Å². The Morgan fingerprint density at radius 1 is 1.32 bits per heavy atom. The summed E-state index contributed by atoms with van der Waals surface area (Å²) >= 11 is 14.8. The van der Waals surface area contributed by atoms with Gasteiger partial charge in [-0.3, -0.25) is 9.59 Å². The zero-order valence-electron chi connectivity index (χ0n) is 12.8. The number of hydrogen-bond acceptors (Lipinski definition) is 5. The van der Waals surface area contributed by atoms with Crippen LogP contribution < -0.4 is 11.3 Å². The van der Waals surface area contributed by atoms with Gasteiger partial charge in [-0.1, -0.05) is 41.0 Å². The third-order valence-electron chi connectivity index (χ3n) is 3.46. The van der Waals surface area contributed by atoms with Crippen LogP contribution in [-0.4, -0.2) is 21.6 Å². The lowest BCUT2D eigenvalue weighted by Gasteiger charge is -2.03. The average molecular weight is 414 g/mol. The van der Waals surface area contributed by atoms with Crippen LogP contribution in [0.2, 0.25) is 10.0 Å². The van der Waals surface area contributed by atoms with Crippen LogP contribution in [0.3, 0.4) is 0 Å². The van der Waals surface area contributed by atoms with Gasteiger partial charge in [-0.05, 0) is 24.1 Å². The van der Waals surface area contributed by atoms with Crippen molar-refractivity contribution < 1.29 is 4.79 Å². The minimum absolute atomic E-state index is 0.204. The highest BCUT2D eigenvalue weighted by Crippen LogP contribution is 2.34. The van der Waals surface area contributed by atoms with E-state index in [2.05, 4.69) is 9.97 Å². The summed E-state index contributed by atoms with van der Waals surface area (Å²) in [6, 6.07) is 5.26. The number of benzene rings is 1. The number of primary amides is 1. The number of H-pyrrole nitrogens is 1. The molecule has 0 unspecified atom stereocenters. The Balaban J connectivity index is 1.90. The predicted molar refractivity (Wildman–Crippen MR) is 105 cm³/mol. The van der Waals surface area contributed by atoms with E-state index in [-0.39, 0.29) is 11.5 Å². The van der Waals surface area contributed by atoms with Crippen molar-refractivity contribution in [1.29, 1.82) is 0 Å². The van der Waals surface area contributed by atoms with E-state index in [1.165, 1.54) is 23.1 Å². The van der Waals surface area contributed by atoms with Crippen LogP contribution in [0.15, 0.2) is 33.5 Å². The number of halogens is 2. The first kappa shape index (κ1) is 18.3. The van der Waals surface area contributed by atoms with Crippen LogP contribution in [0.25, 0.3) is 21.3 Å². The summed E-state index contributed by atoms with van der Waals surface area (Å²) in [7, 11) is 0. The van der Waals surface area contributed by atoms with Crippen molar-refractivity contribution >= 4 is 62.4 Å². The lowest BCUT2D eigenvalue weighted by molar-refractivity contribution is -0.118. The van der Waals surface area contributed by atoms with Gasteiger partial charge in [-0.2, -0.15) is 0 Å². The molecule has 9 heteroatoms. The van der Waals surface area contributed by atoms with E-state index in [1.54, 1.807) is 12.1 Å². The molecule has 1 amide bonds. The van der Waals surface area contributed by atoms with Crippen molar-refractivity contribution in [2.75, 3.05) is 5.75 Å². The number of amides is 1. The molecule has 0 atom stereocenters. The SMILES string of the molecule is NC(=O)CCCSc1nc2scc(-c3ccc(Cl)c(Cl)c3)c2c(=O)[nH]1. The number of fused-ring (bicyclic) bond motifs is 1. The molecule has 3 aromatic rings. The van der Waals surface area contributed by atoms with Crippen molar-refractivity contribution in [2.45, 2.75) is 18.0 Å². The zero-order valence-corrected chi connectivity index (χ0v) is 16.0. The molecule has 0 spiro atoms. The Labute approximate surface area is 161 Å². The zero-order chi connectivity index (χ0) is 18.0. The molecule has 0 aliphatic rings. The normalized spacial score (nSPS) is 11.1. The van der Waals surface area contributed by atoms with Gasteiger partial charge in [0, 0.05) is 23.1 Å². The molecule has 0 aliphatic heterocycles. The number of rotatable bonds is 6. The molecule has 130 valence electrons. The van der Waals surface area contributed by atoms with Crippen LogP contribution in [0, 0.1) is 0 Å². The lowest BCUT2D eigenvalue weighted by Crippen LogP contribution is -2.11. The Bertz CT molecular complexity index is 1000. The number of hydrogen-bond donors (Lipinski definition) is 2. The molecular formula is C16H13Cl2N3O2S2. The van der Waals surface area contributed by atoms with E-state index in [0.717, 1.165) is 11.1 Å². The minimum atomic E-state index is -0.331. The van der Waals surface area contributed by atoms with Crippen LogP contribution in [-0.2, 0) is 4.79 Å². The fourth-order valence-corrected chi connectivity index (χ4v) is 4.40. The molecule has 3 rings (SSSR count). The standard InChI is InChI=1S/C16H13Cl2N3O2S2/c17-10-4-3-8(6-11(10)18)9-7-25-15-13(9)14(23)20-16(21-15)24-5-1-2-12(19)22/h3-4,6-7H,1-2,5H2,(H2,19,22)(H,20,21,23). The van der Waals surface area contributed by atoms with Gasteiger partial charge >= 0.3 is 0 Å². The Hall–Kier alpha value is -1.54. The molecule has 1 aromatic carbocycles. The highest BCUT2D eigenvalue weighted by atomic mass is 35.5. The quantitative estimate of drug-likeness (QED) is 0.357. The van der Waals surface area contributed by atoms with Crippen molar-refractivity contribution in [2.24, 2.45) is 5.73 Å². The highest BCUT2D eigenvalue weighted by molar-refractivity contribution is 7.99. The third-order valence-corrected chi connectivity index (χ3v) is 6.03. The van der Waals surface area contributed by atoms with E-state index in [4.69, 9.17) is 28.9 Å². The van der Waals surface area contributed by atoms with Gasteiger partial charge in [0.2, 0.25) is 5.91 Å². The number of aromatic amines is 1.